The van der Waals surface area contributed by atoms with Gasteiger partial charge in [-0.3, -0.25) is 5.10 Å². The van der Waals surface area contributed by atoms with Gasteiger partial charge in [0.1, 0.15) is 5.56 Å². The number of hydrogen-bond acceptors (Lipinski definition) is 5. The number of likely N-dealkylation sites (N-methyl/N-ethyl adjacent to an activating group) is 1. The van der Waals surface area contributed by atoms with E-state index in [4.69, 9.17) is 0 Å². The SMILES string of the molecule is Cc1[nH]nc(S(=O)(=O)N2CCCC(N(C)C)C2)c1C(=O)O. The van der Waals surface area contributed by atoms with Crippen LogP contribution >= 0.6 is 0 Å². The third-order valence-electron chi connectivity index (χ3n) is 3.80. The van der Waals surface area contributed by atoms with E-state index >= 15 is 0 Å². The number of aromatic amines is 1. The standard InChI is InChI=1S/C12H20N4O4S/c1-8-10(12(17)18)11(14-13-8)21(19,20)16-6-4-5-9(7-16)15(2)3/h9H,4-7H2,1-3H3,(H,13,14)(H,17,18). The van der Waals surface area contributed by atoms with Gasteiger partial charge in [-0.05, 0) is 33.9 Å². The highest BCUT2D eigenvalue weighted by atomic mass is 32.2. The first-order chi connectivity index (χ1) is 9.75. The molecule has 0 radical (unpaired) electrons. The lowest BCUT2D eigenvalue weighted by Gasteiger charge is -2.34. The molecule has 2 N–H and O–H groups in total. The van der Waals surface area contributed by atoms with Gasteiger partial charge in [-0.1, -0.05) is 0 Å². The molecule has 2 heterocycles. The number of hydrogen-bond donors (Lipinski definition) is 2. The van der Waals surface area contributed by atoms with E-state index in [0.717, 1.165) is 12.8 Å². The largest absolute Gasteiger partial charge is 0.478 e. The lowest BCUT2D eigenvalue weighted by atomic mass is 10.1. The molecule has 1 atom stereocenters. The summed E-state index contributed by atoms with van der Waals surface area (Å²) in [6.45, 7) is 2.23. The quantitative estimate of drug-likeness (QED) is 0.818. The summed E-state index contributed by atoms with van der Waals surface area (Å²) in [7, 11) is -0.0900. The molecule has 0 bridgehead atoms. The Hall–Kier alpha value is -1.45. The highest BCUT2D eigenvalue weighted by Crippen LogP contribution is 2.24. The topological polar surface area (TPSA) is 107 Å². The van der Waals surface area contributed by atoms with Crippen LogP contribution in [0.5, 0.6) is 0 Å². The molecule has 0 aliphatic carbocycles. The molecule has 1 aliphatic rings. The monoisotopic (exact) mass is 316 g/mol. The van der Waals surface area contributed by atoms with Gasteiger partial charge in [0.15, 0.2) is 0 Å². The van der Waals surface area contributed by atoms with E-state index in [-0.39, 0.29) is 17.3 Å². The van der Waals surface area contributed by atoms with Gasteiger partial charge in [0.05, 0.1) is 0 Å². The first-order valence-electron chi connectivity index (χ1n) is 6.70. The number of nitrogens with zero attached hydrogens (tertiary/aromatic N) is 3. The second-order valence-corrected chi connectivity index (χ2v) is 7.31. The number of piperidine rings is 1. The van der Waals surface area contributed by atoms with Gasteiger partial charge in [0.2, 0.25) is 5.03 Å². The Bertz CT molecular complexity index is 638. The van der Waals surface area contributed by atoms with Crippen LogP contribution in [0.15, 0.2) is 5.03 Å². The Morgan fingerprint density at radius 2 is 2.14 bits per heavy atom. The summed E-state index contributed by atoms with van der Waals surface area (Å²) in [4.78, 5) is 13.2. The number of rotatable bonds is 4. The third kappa shape index (κ3) is 2.94. The zero-order valence-corrected chi connectivity index (χ0v) is 13.1. The Morgan fingerprint density at radius 3 is 2.71 bits per heavy atom. The van der Waals surface area contributed by atoms with Gasteiger partial charge in [-0.25, -0.2) is 13.2 Å². The summed E-state index contributed by atoms with van der Waals surface area (Å²) in [6, 6.07) is 0.127. The summed E-state index contributed by atoms with van der Waals surface area (Å²) < 4.78 is 26.6. The summed E-state index contributed by atoms with van der Waals surface area (Å²) in [5, 5.41) is 14.9. The van der Waals surface area contributed by atoms with Crippen LogP contribution in [0.25, 0.3) is 0 Å². The minimum Gasteiger partial charge on any atom is -0.478 e. The van der Waals surface area contributed by atoms with Crippen molar-refractivity contribution in [2.75, 3.05) is 27.2 Å². The smallest absolute Gasteiger partial charge is 0.340 e. The molecule has 0 spiro atoms. The number of sulfonamides is 1. The van der Waals surface area contributed by atoms with Crippen molar-refractivity contribution in [3.05, 3.63) is 11.3 Å². The number of carboxylic acid groups (broad SMARTS) is 1. The van der Waals surface area contributed by atoms with Gasteiger partial charge < -0.3 is 10.0 Å². The molecule has 118 valence electrons. The van der Waals surface area contributed by atoms with Crippen molar-refractivity contribution < 1.29 is 18.3 Å². The van der Waals surface area contributed by atoms with Gasteiger partial charge in [0.25, 0.3) is 10.0 Å². The predicted molar refractivity (Wildman–Crippen MR) is 75.8 cm³/mol. The van der Waals surface area contributed by atoms with Crippen LogP contribution in [-0.2, 0) is 10.0 Å². The molecule has 2 rings (SSSR count). The van der Waals surface area contributed by atoms with E-state index in [0.29, 0.717) is 13.1 Å². The van der Waals surface area contributed by atoms with Crippen molar-refractivity contribution >= 4 is 16.0 Å². The number of aromatic nitrogens is 2. The van der Waals surface area contributed by atoms with Crippen LogP contribution in [0.4, 0.5) is 0 Å². The van der Waals surface area contributed by atoms with E-state index in [9.17, 15) is 18.3 Å². The van der Waals surface area contributed by atoms with Crippen LogP contribution in [0, 0.1) is 6.92 Å². The van der Waals surface area contributed by atoms with E-state index in [2.05, 4.69) is 10.2 Å². The number of aromatic carboxylic acids is 1. The first kappa shape index (κ1) is 15.9. The number of H-pyrrole nitrogens is 1. The molecule has 1 unspecified atom stereocenters. The maximum absolute atomic E-state index is 12.7. The molecule has 1 aromatic rings. The number of nitrogens with one attached hydrogen (secondary N) is 1. The summed E-state index contributed by atoms with van der Waals surface area (Å²) in [5.41, 5.74) is -0.0378. The first-order valence-corrected chi connectivity index (χ1v) is 8.14. The van der Waals surface area contributed by atoms with Crippen LogP contribution in [0.2, 0.25) is 0 Å². The highest BCUT2D eigenvalue weighted by Gasteiger charge is 2.36. The van der Waals surface area contributed by atoms with Crippen molar-refractivity contribution in [2.24, 2.45) is 0 Å². The van der Waals surface area contributed by atoms with E-state index in [1.165, 1.54) is 11.2 Å². The minimum atomic E-state index is -3.90. The summed E-state index contributed by atoms with van der Waals surface area (Å²) >= 11 is 0. The molecule has 1 aliphatic heterocycles. The molecule has 8 nitrogen and oxygen atoms in total. The molecule has 21 heavy (non-hydrogen) atoms. The van der Waals surface area contributed by atoms with Gasteiger partial charge >= 0.3 is 5.97 Å². The average Bonchev–Trinajstić information content (AvgIpc) is 2.81. The Labute approximate surface area is 123 Å². The van der Waals surface area contributed by atoms with Crippen molar-refractivity contribution in [1.82, 2.24) is 19.4 Å². The zero-order valence-electron chi connectivity index (χ0n) is 12.3. The second-order valence-electron chi connectivity index (χ2n) is 5.46. The minimum absolute atomic E-state index is 0.127. The third-order valence-corrected chi connectivity index (χ3v) is 5.60. The molecule has 9 heteroatoms. The van der Waals surface area contributed by atoms with Crippen molar-refractivity contribution in [1.29, 1.82) is 0 Å². The van der Waals surface area contributed by atoms with E-state index in [1.807, 2.05) is 19.0 Å². The molecule has 1 aromatic heterocycles. The molecule has 1 fully saturated rings. The Balaban J connectivity index is 2.36. The van der Waals surface area contributed by atoms with Gasteiger partial charge in [-0.15, -0.1) is 0 Å². The highest BCUT2D eigenvalue weighted by molar-refractivity contribution is 7.89. The van der Waals surface area contributed by atoms with Crippen LogP contribution in [0.3, 0.4) is 0 Å². The fraction of sp³-hybridized carbons (Fsp3) is 0.667. The molecule has 0 amide bonds. The maximum Gasteiger partial charge on any atom is 0.340 e. The van der Waals surface area contributed by atoms with Gasteiger partial charge in [-0.2, -0.15) is 9.40 Å². The maximum atomic E-state index is 12.7. The van der Waals surface area contributed by atoms with Crippen molar-refractivity contribution in [3.63, 3.8) is 0 Å². The fourth-order valence-corrected chi connectivity index (χ4v) is 4.17. The van der Waals surface area contributed by atoms with Gasteiger partial charge in [0, 0.05) is 24.8 Å². The molecular formula is C12H20N4O4S. The molecule has 1 saturated heterocycles. The second kappa shape index (κ2) is 5.74. The average molecular weight is 316 g/mol. The Kier molecular flexibility index (Phi) is 4.35. The van der Waals surface area contributed by atoms with Crippen molar-refractivity contribution in [2.45, 2.75) is 30.8 Å². The molecule has 0 saturated carbocycles. The molecular weight excluding hydrogens is 296 g/mol. The van der Waals surface area contributed by atoms with Crippen LogP contribution in [0.1, 0.15) is 28.9 Å². The fourth-order valence-electron chi connectivity index (χ4n) is 2.53. The number of aryl methyl sites for hydroxylation is 1. The Morgan fingerprint density at radius 1 is 1.48 bits per heavy atom. The summed E-state index contributed by atoms with van der Waals surface area (Å²) in [5.74, 6) is -1.29. The lowest BCUT2D eigenvalue weighted by Crippen LogP contribution is -2.47. The molecule has 0 aromatic carbocycles. The van der Waals surface area contributed by atoms with Crippen LogP contribution in [-0.4, -0.2) is 72.1 Å². The lowest BCUT2D eigenvalue weighted by molar-refractivity contribution is 0.0691. The van der Waals surface area contributed by atoms with E-state index in [1.54, 1.807) is 0 Å². The predicted octanol–water partition coefficient (Wildman–Crippen LogP) is 0.131. The summed E-state index contributed by atoms with van der Waals surface area (Å²) in [6.07, 6.45) is 1.66. The number of carbonyl (C=O) groups is 1. The van der Waals surface area contributed by atoms with Crippen LogP contribution < -0.4 is 0 Å². The zero-order chi connectivity index (χ0) is 15.8. The van der Waals surface area contributed by atoms with Crippen molar-refractivity contribution in [3.8, 4) is 0 Å². The van der Waals surface area contributed by atoms with E-state index < -0.39 is 21.0 Å². The normalized spacial score (nSPS) is 20.9. The number of carboxylic acids is 1.